The molecule has 0 saturated heterocycles. The molecule has 108 valence electrons. The average Bonchev–Trinajstić information content (AvgIpc) is 2.41. The Hall–Kier alpha value is -0.770. The monoisotopic (exact) mass is 285 g/mol. The first-order valence-electron chi connectivity index (χ1n) is 6.60. The van der Waals surface area contributed by atoms with Gasteiger partial charge in [0, 0.05) is 17.2 Å². The molecule has 0 aliphatic heterocycles. The van der Waals surface area contributed by atoms with Crippen molar-refractivity contribution in [3.8, 4) is 5.75 Å². The lowest BCUT2D eigenvalue weighted by atomic mass is 9.87. The standard InChI is InChI=1S/C15H24ClNO2/c1-9(5-12(7-17)8-18)14-11(3)15(16)10(2)6-13(14)19-4/h6,9,12,18H,5,7-8,17H2,1-4H3. The van der Waals surface area contributed by atoms with Crippen molar-refractivity contribution in [3.05, 3.63) is 27.8 Å². The van der Waals surface area contributed by atoms with Crippen LogP contribution in [0.2, 0.25) is 5.02 Å². The molecule has 0 aromatic heterocycles. The first-order valence-corrected chi connectivity index (χ1v) is 6.98. The molecular formula is C15H24ClNO2. The van der Waals surface area contributed by atoms with Crippen LogP contribution in [0.5, 0.6) is 5.75 Å². The maximum atomic E-state index is 9.28. The lowest BCUT2D eigenvalue weighted by Crippen LogP contribution is -2.20. The van der Waals surface area contributed by atoms with E-state index in [2.05, 4.69) is 6.92 Å². The van der Waals surface area contributed by atoms with Gasteiger partial charge in [-0.15, -0.1) is 0 Å². The number of hydrogen-bond acceptors (Lipinski definition) is 3. The Balaban J connectivity index is 3.14. The minimum absolute atomic E-state index is 0.110. The molecule has 0 aliphatic carbocycles. The Morgan fingerprint density at radius 3 is 2.53 bits per heavy atom. The van der Waals surface area contributed by atoms with Gasteiger partial charge in [-0.05, 0) is 55.8 Å². The second kappa shape index (κ2) is 7.13. The summed E-state index contributed by atoms with van der Waals surface area (Å²) in [5.74, 6) is 1.22. The molecule has 1 aromatic rings. The minimum atomic E-state index is 0.110. The van der Waals surface area contributed by atoms with E-state index in [1.807, 2.05) is 19.9 Å². The number of aryl methyl sites for hydroxylation is 1. The predicted octanol–water partition coefficient (Wildman–Crippen LogP) is 3.03. The van der Waals surface area contributed by atoms with Crippen LogP contribution in [0.1, 0.15) is 36.0 Å². The van der Waals surface area contributed by atoms with Gasteiger partial charge in [-0.1, -0.05) is 18.5 Å². The molecule has 0 saturated carbocycles. The van der Waals surface area contributed by atoms with Crippen molar-refractivity contribution in [2.45, 2.75) is 33.1 Å². The molecule has 3 N–H and O–H groups in total. The van der Waals surface area contributed by atoms with Gasteiger partial charge in [-0.2, -0.15) is 0 Å². The summed E-state index contributed by atoms with van der Waals surface area (Å²) in [6, 6.07) is 1.97. The normalized spacial score (nSPS) is 14.3. The van der Waals surface area contributed by atoms with E-state index in [-0.39, 0.29) is 18.4 Å². The van der Waals surface area contributed by atoms with Crippen molar-refractivity contribution in [1.29, 1.82) is 0 Å². The third-order valence-corrected chi connectivity index (χ3v) is 4.27. The Morgan fingerprint density at radius 2 is 2.05 bits per heavy atom. The van der Waals surface area contributed by atoms with Gasteiger partial charge in [-0.25, -0.2) is 0 Å². The summed E-state index contributed by atoms with van der Waals surface area (Å²) in [6.45, 7) is 6.71. The van der Waals surface area contributed by atoms with Crippen LogP contribution in [-0.4, -0.2) is 25.4 Å². The summed E-state index contributed by atoms with van der Waals surface area (Å²) in [5, 5.41) is 10.1. The van der Waals surface area contributed by atoms with Crippen LogP contribution in [0.15, 0.2) is 6.07 Å². The van der Waals surface area contributed by atoms with Crippen molar-refractivity contribution < 1.29 is 9.84 Å². The highest BCUT2D eigenvalue weighted by molar-refractivity contribution is 6.32. The fourth-order valence-electron chi connectivity index (χ4n) is 2.58. The van der Waals surface area contributed by atoms with E-state index in [4.69, 9.17) is 22.1 Å². The number of aliphatic hydroxyl groups is 1. The average molecular weight is 286 g/mol. The van der Waals surface area contributed by atoms with E-state index >= 15 is 0 Å². The fraction of sp³-hybridized carbons (Fsp3) is 0.600. The minimum Gasteiger partial charge on any atom is -0.496 e. The smallest absolute Gasteiger partial charge is 0.122 e. The quantitative estimate of drug-likeness (QED) is 0.845. The van der Waals surface area contributed by atoms with E-state index < -0.39 is 0 Å². The van der Waals surface area contributed by atoms with E-state index in [0.29, 0.717) is 6.54 Å². The zero-order valence-corrected chi connectivity index (χ0v) is 12.9. The number of aliphatic hydroxyl groups excluding tert-OH is 1. The van der Waals surface area contributed by atoms with Crippen LogP contribution in [0, 0.1) is 19.8 Å². The molecule has 2 atom stereocenters. The maximum Gasteiger partial charge on any atom is 0.122 e. The number of methoxy groups -OCH3 is 1. The molecule has 1 aromatic carbocycles. The summed E-state index contributed by atoms with van der Waals surface area (Å²) in [5.41, 5.74) is 8.84. The molecule has 0 bridgehead atoms. The highest BCUT2D eigenvalue weighted by Crippen LogP contribution is 2.38. The van der Waals surface area contributed by atoms with E-state index in [9.17, 15) is 5.11 Å². The number of rotatable bonds is 6. The summed E-state index contributed by atoms with van der Waals surface area (Å²) >= 11 is 6.33. The van der Waals surface area contributed by atoms with Gasteiger partial charge in [0.1, 0.15) is 5.75 Å². The molecule has 0 amide bonds. The zero-order chi connectivity index (χ0) is 14.6. The molecule has 3 nitrogen and oxygen atoms in total. The first kappa shape index (κ1) is 16.3. The first-order chi connectivity index (χ1) is 8.96. The van der Waals surface area contributed by atoms with Gasteiger partial charge in [0.15, 0.2) is 0 Å². The molecule has 0 aliphatic rings. The number of benzene rings is 1. The van der Waals surface area contributed by atoms with Gasteiger partial charge in [0.2, 0.25) is 0 Å². The largest absolute Gasteiger partial charge is 0.496 e. The van der Waals surface area contributed by atoms with Crippen molar-refractivity contribution in [2.24, 2.45) is 11.7 Å². The molecule has 2 unspecified atom stereocenters. The van der Waals surface area contributed by atoms with Gasteiger partial charge < -0.3 is 15.6 Å². The summed E-state index contributed by atoms with van der Waals surface area (Å²) < 4.78 is 5.48. The molecule has 0 radical (unpaired) electrons. The molecule has 1 rings (SSSR count). The number of hydrogen-bond donors (Lipinski definition) is 2. The van der Waals surface area contributed by atoms with Crippen molar-refractivity contribution in [2.75, 3.05) is 20.3 Å². The molecule has 4 heteroatoms. The van der Waals surface area contributed by atoms with Crippen LogP contribution < -0.4 is 10.5 Å². The van der Waals surface area contributed by atoms with E-state index in [0.717, 1.165) is 33.9 Å². The highest BCUT2D eigenvalue weighted by atomic mass is 35.5. The lowest BCUT2D eigenvalue weighted by Gasteiger charge is -2.23. The number of halogens is 1. The highest BCUT2D eigenvalue weighted by Gasteiger charge is 2.20. The number of nitrogens with two attached hydrogens (primary N) is 1. The number of ether oxygens (including phenoxy) is 1. The second-order valence-corrected chi connectivity index (χ2v) is 5.55. The molecular weight excluding hydrogens is 262 g/mol. The van der Waals surface area contributed by atoms with Crippen molar-refractivity contribution in [3.63, 3.8) is 0 Å². The fourth-order valence-corrected chi connectivity index (χ4v) is 2.74. The third kappa shape index (κ3) is 3.62. The lowest BCUT2D eigenvalue weighted by molar-refractivity contribution is 0.216. The Kier molecular flexibility index (Phi) is 6.11. The molecule has 0 fully saturated rings. The predicted molar refractivity (Wildman–Crippen MR) is 80.1 cm³/mol. The Bertz CT molecular complexity index is 431. The topological polar surface area (TPSA) is 55.5 Å². The van der Waals surface area contributed by atoms with Gasteiger partial charge >= 0.3 is 0 Å². The van der Waals surface area contributed by atoms with Crippen molar-refractivity contribution in [1.82, 2.24) is 0 Å². The second-order valence-electron chi connectivity index (χ2n) is 5.17. The van der Waals surface area contributed by atoms with Crippen LogP contribution in [-0.2, 0) is 0 Å². The molecule has 0 heterocycles. The Morgan fingerprint density at radius 1 is 1.42 bits per heavy atom. The SMILES string of the molecule is COc1cc(C)c(Cl)c(C)c1C(C)CC(CN)CO. The van der Waals surface area contributed by atoms with E-state index in [1.165, 1.54) is 0 Å². The van der Waals surface area contributed by atoms with Gasteiger partial charge in [0.05, 0.1) is 7.11 Å². The maximum absolute atomic E-state index is 9.28. The van der Waals surface area contributed by atoms with Crippen LogP contribution in [0.3, 0.4) is 0 Å². The van der Waals surface area contributed by atoms with Gasteiger partial charge in [0.25, 0.3) is 0 Å². The van der Waals surface area contributed by atoms with Crippen LogP contribution in [0.25, 0.3) is 0 Å². The summed E-state index contributed by atoms with van der Waals surface area (Å²) in [7, 11) is 1.67. The third-order valence-electron chi connectivity index (χ3n) is 3.68. The van der Waals surface area contributed by atoms with Crippen LogP contribution in [0.4, 0.5) is 0 Å². The Labute approximate surface area is 120 Å². The molecule has 0 spiro atoms. The summed E-state index contributed by atoms with van der Waals surface area (Å²) in [4.78, 5) is 0. The van der Waals surface area contributed by atoms with Gasteiger partial charge in [-0.3, -0.25) is 0 Å². The summed E-state index contributed by atoms with van der Waals surface area (Å²) in [6.07, 6.45) is 0.823. The zero-order valence-electron chi connectivity index (χ0n) is 12.2. The van der Waals surface area contributed by atoms with Crippen molar-refractivity contribution >= 4 is 11.6 Å². The molecule has 19 heavy (non-hydrogen) atoms. The van der Waals surface area contributed by atoms with E-state index in [1.54, 1.807) is 7.11 Å². The van der Waals surface area contributed by atoms with Crippen LogP contribution >= 0.6 is 11.6 Å².